The molecule has 3 aromatic rings. The van der Waals surface area contributed by atoms with Crippen LogP contribution in [0.3, 0.4) is 0 Å². The van der Waals surface area contributed by atoms with Crippen LogP contribution in [0.2, 0.25) is 0 Å². The van der Waals surface area contributed by atoms with Crippen molar-refractivity contribution in [3.05, 3.63) is 59.9 Å². The van der Waals surface area contributed by atoms with Crippen molar-refractivity contribution in [3.63, 3.8) is 0 Å². The Morgan fingerprint density at radius 1 is 1.14 bits per heavy atom. The molecule has 5 heteroatoms. The Hall–Kier alpha value is -2.56. The normalized spacial score (nSPS) is 20.4. The summed E-state index contributed by atoms with van der Waals surface area (Å²) in [7, 11) is 0. The van der Waals surface area contributed by atoms with Gasteiger partial charge in [0.2, 0.25) is 11.7 Å². The van der Waals surface area contributed by atoms with Crippen molar-refractivity contribution < 1.29 is 4.52 Å². The van der Waals surface area contributed by atoms with Crippen molar-refractivity contribution >= 4 is 0 Å². The van der Waals surface area contributed by atoms with Crippen molar-refractivity contribution in [2.75, 3.05) is 0 Å². The molecule has 1 saturated carbocycles. The van der Waals surface area contributed by atoms with Gasteiger partial charge in [0.05, 0.1) is 6.20 Å². The summed E-state index contributed by atoms with van der Waals surface area (Å²) in [6.07, 6.45) is 5.95. The van der Waals surface area contributed by atoms with Crippen LogP contribution >= 0.6 is 0 Å². The summed E-state index contributed by atoms with van der Waals surface area (Å²) < 4.78 is 5.41. The lowest BCUT2D eigenvalue weighted by atomic mass is 10.0. The van der Waals surface area contributed by atoms with Gasteiger partial charge in [0, 0.05) is 18.3 Å². The Morgan fingerprint density at radius 3 is 2.86 bits per heavy atom. The molecule has 2 atom stereocenters. The minimum Gasteiger partial charge on any atom is -0.339 e. The fraction of sp³-hybridized carbons (Fsp3) is 0.250. The maximum Gasteiger partial charge on any atom is 0.230 e. The van der Waals surface area contributed by atoms with Crippen LogP contribution < -0.4 is 0 Å². The van der Waals surface area contributed by atoms with Gasteiger partial charge in [-0.3, -0.25) is 4.98 Å². The molecule has 0 saturated heterocycles. The van der Waals surface area contributed by atoms with E-state index in [1.165, 1.54) is 11.1 Å². The van der Waals surface area contributed by atoms with Crippen LogP contribution in [0.25, 0.3) is 11.5 Å². The van der Waals surface area contributed by atoms with E-state index < -0.39 is 0 Å². The highest BCUT2D eigenvalue weighted by atomic mass is 16.5. The lowest BCUT2D eigenvalue weighted by molar-refractivity contribution is 0.378. The molecule has 1 aromatic carbocycles. The molecule has 0 aliphatic heterocycles. The summed E-state index contributed by atoms with van der Waals surface area (Å²) in [5.41, 5.74) is 3.33. The topological polar surface area (TPSA) is 64.7 Å². The molecule has 0 bridgehead atoms. The van der Waals surface area contributed by atoms with Crippen LogP contribution in [-0.2, 0) is 0 Å². The highest BCUT2D eigenvalue weighted by Gasteiger charge is 2.44. The average Bonchev–Trinajstić information content (AvgIpc) is 3.16. The van der Waals surface area contributed by atoms with E-state index in [0.717, 1.165) is 6.42 Å². The van der Waals surface area contributed by atoms with Crippen molar-refractivity contribution in [1.82, 2.24) is 20.1 Å². The van der Waals surface area contributed by atoms with E-state index in [-0.39, 0.29) is 0 Å². The zero-order valence-electron chi connectivity index (χ0n) is 11.6. The Kier molecular flexibility index (Phi) is 2.77. The molecule has 1 aliphatic rings. The van der Waals surface area contributed by atoms with Gasteiger partial charge >= 0.3 is 0 Å². The maximum atomic E-state index is 5.41. The fourth-order valence-electron chi connectivity index (χ4n) is 2.72. The van der Waals surface area contributed by atoms with Gasteiger partial charge in [-0.2, -0.15) is 4.98 Å². The molecule has 1 fully saturated rings. The van der Waals surface area contributed by atoms with Gasteiger partial charge in [-0.1, -0.05) is 29.4 Å². The lowest BCUT2D eigenvalue weighted by Gasteiger charge is -2.02. The van der Waals surface area contributed by atoms with Gasteiger partial charge in [0.15, 0.2) is 0 Å². The van der Waals surface area contributed by atoms with E-state index in [1.807, 2.05) is 0 Å². The third kappa shape index (κ3) is 2.20. The summed E-state index contributed by atoms with van der Waals surface area (Å²) >= 11 is 0. The number of aryl methyl sites for hydroxylation is 1. The second-order valence-electron chi connectivity index (χ2n) is 5.35. The third-order valence-electron chi connectivity index (χ3n) is 3.93. The molecule has 5 nitrogen and oxygen atoms in total. The zero-order valence-corrected chi connectivity index (χ0v) is 11.6. The number of nitrogens with zero attached hydrogens (tertiary/aromatic N) is 4. The molecule has 0 spiro atoms. The third-order valence-corrected chi connectivity index (χ3v) is 3.93. The van der Waals surface area contributed by atoms with Crippen molar-refractivity contribution in [3.8, 4) is 11.5 Å². The van der Waals surface area contributed by atoms with Crippen molar-refractivity contribution in [2.45, 2.75) is 25.2 Å². The summed E-state index contributed by atoms with van der Waals surface area (Å²) in [4.78, 5) is 12.7. The first-order chi connectivity index (χ1) is 10.3. The van der Waals surface area contributed by atoms with Gasteiger partial charge in [0.25, 0.3) is 0 Å². The van der Waals surface area contributed by atoms with Crippen LogP contribution in [0, 0.1) is 6.92 Å². The molecule has 4 rings (SSSR count). The molecular formula is C16H14N4O. The standard InChI is InChI=1S/C16H14N4O/c1-10-4-2-3-5-11(10)12-8-13(12)16-19-15(20-21-16)14-9-17-6-7-18-14/h2-7,9,12-13H,8H2,1H3/t12-,13-/m0/s1. The van der Waals surface area contributed by atoms with Gasteiger partial charge in [-0.15, -0.1) is 0 Å². The Morgan fingerprint density at radius 2 is 2.05 bits per heavy atom. The smallest absolute Gasteiger partial charge is 0.230 e. The Bertz CT molecular complexity index is 769. The molecule has 0 N–H and O–H groups in total. The molecule has 2 aromatic heterocycles. The molecule has 0 amide bonds. The van der Waals surface area contributed by atoms with Crippen LogP contribution in [0.1, 0.15) is 35.3 Å². The van der Waals surface area contributed by atoms with E-state index in [2.05, 4.69) is 51.3 Å². The summed E-state index contributed by atoms with van der Waals surface area (Å²) in [5.74, 6) is 2.02. The highest BCUT2D eigenvalue weighted by molar-refractivity contribution is 5.46. The predicted octanol–water partition coefficient (Wildman–Crippen LogP) is 3.11. The number of benzene rings is 1. The molecule has 2 heterocycles. The lowest BCUT2D eigenvalue weighted by Crippen LogP contribution is -1.89. The van der Waals surface area contributed by atoms with E-state index in [1.54, 1.807) is 18.6 Å². The van der Waals surface area contributed by atoms with Gasteiger partial charge < -0.3 is 4.52 Å². The first-order valence-corrected chi connectivity index (χ1v) is 6.98. The fourth-order valence-corrected chi connectivity index (χ4v) is 2.72. The van der Waals surface area contributed by atoms with Gasteiger partial charge in [0.1, 0.15) is 5.69 Å². The minimum atomic E-state index is 0.323. The quantitative estimate of drug-likeness (QED) is 0.736. The molecule has 21 heavy (non-hydrogen) atoms. The Balaban J connectivity index is 1.57. The molecule has 1 aliphatic carbocycles. The molecule has 0 radical (unpaired) electrons. The van der Waals surface area contributed by atoms with Crippen LogP contribution in [0.15, 0.2) is 47.4 Å². The minimum absolute atomic E-state index is 0.323. The predicted molar refractivity (Wildman–Crippen MR) is 76.6 cm³/mol. The second kappa shape index (κ2) is 4.77. The summed E-state index contributed by atoms with van der Waals surface area (Å²) in [6, 6.07) is 8.47. The first kappa shape index (κ1) is 12.2. The molecule has 0 unspecified atom stereocenters. The van der Waals surface area contributed by atoms with E-state index in [0.29, 0.717) is 29.2 Å². The first-order valence-electron chi connectivity index (χ1n) is 6.98. The van der Waals surface area contributed by atoms with E-state index in [4.69, 9.17) is 4.52 Å². The van der Waals surface area contributed by atoms with Crippen LogP contribution in [0.4, 0.5) is 0 Å². The number of aromatic nitrogens is 4. The highest BCUT2D eigenvalue weighted by Crippen LogP contribution is 2.54. The van der Waals surface area contributed by atoms with Crippen molar-refractivity contribution in [1.29, 1.82) is 0 Å². The average molecular weight is 278 g/mol. The summed E-state index contributed by atoms with van der Waals surface area (Å²) in [6.45, 7) is 2.14. The summed E-state index contributed by atoms with van der Waals surface area (Å²) in [5, 5.41) is 4.01. The molecular weight excluding hydrogens is 264 g/mol. The SMILES string of the molecule is Cc1ccccc1[C@@H]1C[C@@H]1c1nc(-c2cnccn2)no1. The monoisotopic (exact) mass is 278 g/mol. The maximum absolute atomic E-state index is 5.41. The number of rotatable bonds is 3. The van der Waals surface area contributed by atoms with Crippen molar-refractivity contribution in [2.24, 2.45) is 0 Å². The van der Waals surface area contributed by atoms with E-state index >= 15 is 0 Å². The van der Waals surface area contributed by atoms with Crippen LogP contribution in [-0.4, -0.2) is 20.1 Å². The number of hydrogen-bond acceptors (Lipinski definition) is 5. The van der Waals surface area contributed by atoms with E-state index in [9.17, 15) is 0 Å². The van der Waals surface area contributed by atoms with Crippen LogP contribution in [0.5, 0.6) is 0 Å². The largest absolute Gasteiger partial charge is 0.339 e. The van der Waals surface area contributed by atoms with Gasteiger partial charge in [-0.05, 0) is 30.4 Å². The Labute approximate surface area is 122 Å². The van der Waals surface area contributed by atoms with Gasteiger partial charge in [-0.25, -0.2) is 4.98 Å². The zero-order chi connectivity index (χ0) is 14.2. The second-order valence-corrected chi connectivity index (χ2v) is 5.35. The molecule has 104 valence electrons. The number of hydrogen-bond donors (Lipinski definition) is 0.